The van der Waals surface area contributed by atoms with Crippen LogP contribution in [0.2, 0.25) is 0 Å². The molecule has 76 valence electrons. The topological polar surface area (TPSA) is 29.5 Å². The van der Waals surface area contributed by atoms with Crippen molar-refractivity contribution in [3.8, 4) is 0 Å². The minimum atomic E-state index is -0.518. The second-order valence-corrected chi connectivity index (χ2v) is 4.82. The van der Waals surface area contributed by atoms with Crippen molar-refractivity contribution in [2.45, 2.75) is 51.8 Å². The fourth-order valence-electron chi connectivity index (χ4n) is 1.58. The zero-order chi connectivity index (χ0) is 10.4. The average Bonchev–Trinajstić information content (AvgIpc) is 2.00. The fraction of sp³-hybridized carbons (Fsp3) is 0.900. The lowest BCUT2D eigenvalue weighted by atomic mass is 9.87. The number of ether oxygens (including phenoxy) is 1. The number of morpholine rings is 1. The van der Waals surface area contributed by atoms with Crippen molar-refractivity contribution in [3.63, 3.8) is 0 Å². The van der Waals surface area contributed by atoms with Gasteiger partial charge in [-0.05, 0) is 41.7 Å². The second kappa shape index (κ2) is 2.71. The van der Waals surface area contributed by atoms with E-state index in [1.54, 1.807) is 0 Å². The molecule has 0 aliphatic carbocycles. The first-order valence-electron chi connectivity index (χ1n) is 4.65. The molecule has 3 nitrogen and oxygen atoms in total. The van der Waals surface area contributed by atoms with Gasteiger partial charge in [-0.1, -0.05) is 0 Å². The first-order valence-corrected chi connectivity index (χ1v) is 4.65. The van der Waals surface area contributed by atoms with E-state index in [1.165, 1.54) is 0 Å². The minimum Gasteiger partial charge on any atom is -0.459 e. The summed E-state index contributed by atoms with van der Waals surface area (Å²) in [6.07, 6.45) is -0.0574. The van der Waals surface area contributed by atoms with Crippen LogP contribution in [-0.2, 0) is 9.53 Å². The van der Waals surface area contributed by atoms with Gasteiger partial charge >= 0.3 is 5.97 Å². The lowest BCUT2D eigenvalue weighted by Crippen LogP contribution is -2.67. The van der Waals surface area contributed by atoms with E-state index in [1.807, 2.05) is 27.8 Å². The molecule has 0 N–H and O–H groups in total. The molecule has 0 aromatic carbocycles. The summed E-state index contributed by atoms with van der Waals surface area (Å²) < 4.78 is 5.31. The highest BCUT2D eigenvalue weighted by molar-refractivity contribution is 5.81. The third-order valence-corrected chi connectivity index (χ3v) is 3.48. The molecule has 0 aromatic heterocycles. The van der Waals surface area contributed by atoms with Gasteiger partial charge in [-0.15, -0.1) is 0 Å². The number of hydrogen-bond acceptors (Lipinski definition) is 3. The number of carbonyl (C=O) groups excluding carboxylic acids is 1. The Bertz CT molecular complexity index is 233. The monoisotopic (exact) mass is 185 g/mol. The number of carbonyl (C=O) groups is 1. The van der Waals surface area contributed by atoms with Crippen LogP contribution in [-0.4, -0.2) is 35.1 Å². The van der Waals surface area contributed by atoms with E-state index in [0.29, 0.717) is 0 Å². The molecule has 0 radical (unpaired) electrons. The smallest absolute Gasteiger partial charge is 0.326 e. The van der Waals surface area contributed by atoms with E-state index in [9.17, 15) is 4.79 Å². The largest absolute Gasteiger partial charge is 0.459 e. The number of esters is 1. The van der Waals surface area contributed by atoms with Crippen LogP contribution in [0.5, 0.6) is 0 Å². The molecular weight excluding hydrogens is 166 g/mol. The molecule has 1 aliphatic heterocycles. The molecule has 0 bridgehead atoms. The Labute approximate surface area is 80.1 Å². The van der Waals surface area contributed by atoms with Crippen LogP contribution in [0, 0.1) is 0 Å². The van der Waals surface area contributed by atoms with Gasteiger partial charge in [-0.3, -0.25) is 9.69 Å². The quantitative estimate of drug-likeness (QED) is 0.534. The number of nitrogens with zero attached hydrogens (tertiary/aromatic N) is 1. The molecular formula is C10H19NO2. The van der Waals surface area contributed by atoms with Crippen molar-refractivity contribution in [1.82, 2.24) is 4.90 Å². The predicted octanol–water partition coefficient (Wildman–Crippen LogP) is 1.42. The highest BCUT2D eigenvalue weighted by Gasteiger charge is 2.50. The van der Waals surface area contributed by atoms with Crippen molar-refractivity contribution in [3.05, 3.63) is 0 Å². The molecule has 0 spiro atoms. The van der Waals surface area contributed by atoms with Gasteiger partial charge in [0.2, 0.25) is 0 Å². The van der Waals surface area contributed by atoms with Gasteiger partial charge in [0.05, 0.1) is 5.54 Å². The highest BCUT2D eigenvalue weighted by atomic mass is 16.6. The number of hydrogen-bond donors (Lipinski definition) is 0. The maximum absolute atomic E-state index is 11.6. The van der Waals surface area contributed by atoms with Crippen molar-refractivity contribution in [1.29, 1.82) is 0 Å². The second-order valence-electron chi connectivity index (χ2n) is 4.82. The van der Waals surface area contributed by atoms with Crippen LogP contribution in [0.3, 0.4) is 0 Å². The SMILES string of the molecule is CC1OC(=O)C(C)(C)N(C)C1(C)C. The summed E-state index contributed by atoms with van der Waals surface area (Å²) in [5.74, 6) is -0.137. The van der Waals surface area contributed by atoms with Gasteiger partial charge in [0.1, 0.15) is 11.6 Å². The van der Waals surface area contributed by atoms with Gasteiger partial charge in [-0.25, -0.2) is 0 Å². The van der Waals surface area contributed by atoms with E-state index in [0.717, 1.165) is 0 Å². The maximum atomic E-state index is 11.6. The van der Waals surface area contributed by atoms with Crippen LogP contribution in [0.15, 0.2) is 0 Å². The number of likely N-dealkylation sites (N-methyl/N-ethyl adjacent to an activating group) is 1. The van der Waals surface area contributed by atoms with E-state index in [4.69, 9.17) is 4.74 Å². The summed E-state index contributed by atoms with van der Waals surface area (Å²) in [6, 6.07) is 0. The summed E-state index contributed by atoms with van der Waals surface area (Å²) in [5.41, 5.74) is -0.618. The van der Waals surface area contributed by atoms with Gasteiger partial charge in [-0.2, -0.15) is 0 Å². The van der Waals surface area contributed by atoms with Gasteiger partial charge in [0, 0.05) is 0 Å². The van der Waals surface area contributed by atoms with Crippen molar-refractivity contribution in [2.75, 3.05) is 7.05 Å². The van der Waals surface area contributed by atoms with E-state index < -0.39 is 5.54 Å². The van der Waals surface area contributed by atoms with Crippen LogP contribution in [0.1, 0.15) is 34.6 Å². The predicted molar refractivity (Wildman–Crippen MR) is 51.5 cm³/mol. The van der Waals surface area contributed by atoms with Crippen LogP contribution < -0.4 is 0 Å². The lowest BCUT2D eigenvalue weighted by molar-refractivity contribution is -0.191. The Balaban J connectivity index is 3.03. The normalized spacial score (nSPS) is 32.8. The van der Waals surface area contributed by atoms with Crippen LogP contribution in [0.25, 0.3) is 0 Å². The van der Waals surface area contributed by atoms with E-state index in [-0.39, 0.29) is 17.6 Å². The van der Waals surface area contributed by atoms with Crippen molar-refractivity contribution in [2.24, 2.45) is 0 Å². The lowest BCUT2D eigenvalue weighted by Gasteiger charge is -2.51. The molecule has 1 unspecified atom stereocenters. The Hall–Kier alpha value is -0.570. The minimum absolute atomic E-state index is 0.0574. The van der Waals surface area contributed by atoms with Crippen LogP contribution >= 0.6 is 0 Å². The molecule has 1 rings (SSSR count). The fourth-order valence-corrected chi connectivity index (χ4v) is 1.58. The molecule has 0 saturated carbocycles. The molecule has 1 heterocycles. The van der Waals surface area contributed by atoms with Crippen molar-refractivity contribution < 1.29 is 9.53 Å². The molecule has 0 aromatic rings. The highest BCUT2D eigenvalue weighted by Crippen LogP contribution is 2.33. The average molecular weight is 185 g/mol. The standard InChI is InChI=1S/C10H19NO2/c1-7-9(2,3)11(6)10(4,5)8(12)13-7/h7H,1-6H3. The Morgan fingerprint density at radius 1 is 1.31 bits per heavy atom. The Morgan fingerprint density at radius 2 is 1.77 bits per heavy atom. The zero-order valence-corrected chi connectivity index (χ0v) is 9.34. The first kappa shape index (κ1) is 10.5. The van der Waals surface area contributed by atoms with Crippen LogP contribution in [0.4, 0.5) is 0 Å². The Kier molecular flexibility index (Phi) is 2.19. The van der Waals surface area contributed by atoms with Gasteiger partial charge < -0.3 is 4.74 Å². The summed E-state index contributed by atoms with van der Waals surface area (Å²) in [7, 11) is 1.97. The molecule has 13 heavy (non-hydrogen) atoms. The summed E-state index contributed by atoms with van der Waals surface area (Å²) >= 11 is 0. The van der Waals surface area contributed by atoms with E-state index >= 15 is 0 Å². The first-order chi connectivity index (χ1) is 5.70. The molecule has 1 aliphatic rings. The molecule has 1 fully saturated rings. The zero-order valence-electron chi connectivity index (χ0n) is 9.34. The van der Waals surface area contributed by atoms with Gasteiger partial charge in [0.15, 0.2) is 0 Å². The number of cyclic esters (lactones) is 1. The third-order valence-electron chi connectivity index (χ3n) is 3.48. The molecule has 1 atom stereocenters. The van der Waals surface area contributed by atoms with Gasteiger partial charge in [0.25, 0.3) is 0 Å². The summed E-state index contributed by atoms with van der Waals surface area (Å²) in [6.45, 7) is 9.90. The summed E-state index contributed by atoms with van der Waals surface area (Å²) in [4.78, 5) is 13.6. The third kappa shape index (κ3) is 1.35. The maximum Gasteiger partial charge on any atom is 0.326 e. The molecule has 3 heteroatoms. The molecule has 0 amide bonds. The van der Waals surface area contributed by atoms with E-state index in [2.05, 4.69) is 18.7 Å². The summed E-state index contributed by atoms with van der Waals surface area (Å²) in [5, 5.41) is 0. The molecule has 1 saturated heterocycles. The Morgan fingerprint density at radius 3 is 2.23 bits per heavy atom. The number of rotatable bonds is 0. The van der Waals surface area contributed by atoms with Crippen molar-refractivity contribution >= 4 is 5.97 Å².